The Labute approximate surface area is 165 Å². The second-order valence-corrected chi connectivity index (χ2v) is 6.94. The molecule has 0 radical (unpaired) electrons. The topological polar surface area (TPSA) is 96.3 Å². The molecule has 0 aliphatic rings. The highest BCUT2D eigenvalue weighted by Crippen LogP contribution is 2.38. The zero-order valence-electron chi connectivity index (χ0n) is 13.5. The number of amides is 1. The minimum atomic E-state index is -0.605. The van der Waals surface area contributed by atoms with Gasteiger partial charge in [0.05, 0.1) is 17.1 Å². The van der Waals surface area contributed by atoms with E-state index in [0.29, 0.717) is 26.9 Å². The summed E-state index contributed by atoms with van der Waals surface area (Å²) in [7, 11) is 1.50. The van der Waals surface area contributed by atoms with Crippen LogP contribution in [0.2, 0.25) is 0 Å². The van der Waals surface area contributed by atoms with Gasteiger partial charge in [0.15, 0.2) is 23.8 Å². The number of nitrogens with one attached hydrogen (secondary N) is 1. The third-order valence-electron chi connectivity index (χ3n) is 3.46. The summed E-state index contributed by atoms with van der Waals surface area (Å²) in [4.78, 5) is 14.8. The predicted molar refractivity (Wildman–Crippen MR) is 103 cm³/mol. The van der Waals surface area contributed by atoms with Crippen molar-refractivity contribution >= 4 is 54.4 Å². The highest BCUT2D eigenvalue weighted by molar-refractivity contribution is 9.11. The van der Waals surface area contributed by atoms with Crippen LogP contribution in [0, 0.1) is 0 Å². The lowest BCUT2D eigenvalue weighted by atomic mass is 10.2. The maximum atomic E-state index is 12.0. The van der Waals surface area contributed by atoms with Gasteiger partial charge in [0.25, 0.3) is 0 Å². The predicted octanol–water partition coefficient (Wildman–Crippen LogP) is 5.10. The summed E-state index contributed by atoms with van der Waals surface area (Å²) in [5.41, 5.74) is 0.905. The third kappa shape index (κ3) is 3.88. The number of fused-ring (bicyclic) bond motifs is 1. The molecule has 0 aliphatic carbocycles. The summed E-state index contributed by atoms with van der Waals surface area (Å²) in [5, 5.41) is 18.0. The number of ether oxygens (including phenoxy) is 2. The minimum Gasteiger partial charge on any atom is -0.493 e. The molecule has 0 aliphatic heterocycles. The van der Waals surface area contributed by atoms with Crippen molar-refractivity contribution in [1.82, 2.24) is 4.98 Å². The maximum Gasteiger partial charge on any atom is 0.302 e. The number of para-hydroxylation sites is 1. The van der Waals surface area contributed by atoms with Gasteiger partial charge >= 0.3 is 5.91 Å². The molecule has 7 nitrogen and oxygen atoms in total. The lowest BCUT2D eigenvalue weighted by molar-refractivity contribution is -0.120. The first-order valence-electron chi connectivity index (χ1n) is 7.39. The van der Waals surface area contributed by atoms with Gasteiger partial charge in [0, 0.05) is 9.86 Å². The Morgan fingerprint density at radius 3 is 2.81 bits per heavy atom. The number of methoxy groups -OCH3 is 1. The number of benzene rings is 2. The van der Waals surface area contributed by atoms with E-state index in [9.17, 15) is 9.90 Å². The van der Waals surface area contributed by atoms with Crippen LogP contribution in [-0.4, -0.2) is 29.7 Å². The van der Waals surface area contributed by atoms with Gasteiger partial charge in [-0.1, -0.05) is 34.1 Å². The number of H-pyrrole nitrogens is 1. The summed E-state index contributed by atoms with van der Waals surface area (Å²) in [6.07, 6.45) is 0. The Balaban J connectivity index is 1.73. The average Bonchev–Trinajstić information content (AvgIpc) is 2.93. The quantitative estimate of drug-likeness (QED) is 0.494. The zero-order chi connectivity index (χ0) is 18.7. The molecule has 0 fully saturated rings. The fourth-order valence-electron chi connectivity index (χ4n) is 2.31. The van der Waals surface area contributed by atoms with Gasteiger partial charge in [0.2, 0.25) is 5.88 Å². The molecule has 3 aromatic rings. The van der Waals surface area contributed by atoms with Gasteiger partial charge in [-0.25, -0.2) is 0 Å². The first-order valence-corrected chi connectivity index (χ1v) is 8.98. The lowest BCUT2D eigenvalue weighted by Crippen LogP contribution is -2.09. The van der Waals surface area contributed by atoms with E-state index in [0.717, 1.165) is 4.47 Å². The fraction of sp³-hybridized carbons (Fsp3) is 0.118. The molecular formula is C17H13Br2N3O4. The van der Waals surface area contributed by atoms with Gasteiger partial charge in [-0.15, -0.1) is 10.2 Å². The SMILES string of the molecule is COc1cc(Br)cc(Br)c1OCC(=O)N=Nc1c(O)[nH]c2ccccc12. The molecule has 1 heterocycles. The number of hydrogen-bond donors (Lipinski definition) is 2. The molecular weight excluding hydrogens is 470 g/mol. The monoisotopic (exact) mass is 481 g/mol. The molecule has 2 N–H and O–H groups in total. The summed E-state index contributed by atoms with van der Waals surface area (Å²) < 4.78 is 12.2. The molecule has 0 saturated carbocycles. The summed E-state index contributed by atoms with van der Waals surface area (Å²) in [6, 6.07) is 10.7. The smallest absolute Gasteiger partial charge is 0.302 e. The molecule has 0 atom stereocenters. The first kappa shape index (κ1) is 18.4. The Morgan fingerprint density at radius 2 is 2.04 bits per heavy atom. The number of rotatable bonds is 5. The van der Waals surface area contributed by atoms with E-state index < -0.39 is 5.91 Å². The summed E-state index contributed by atoms with van der Waals surface area (Å²) in [6.45, 7) is -0.330. The largest absolute Gasteiger partial charge is 0.493 e. The van der Waals surface area contributed by atoms with Crippen molar-refractivity contribution in [3.63, 3.8) is 0 Å². The van der Waals surface area contributed by atoms with Crippen LogP contribution in [0.5, 0.6) is 17.4 Å². The first-order chi connectivity index (χ1) is 12.5. The van der Waals surface area contributed by atoms with Crippen LogP contribution in [0.4, 0.5) is 5.69 Å². The molecule has 3 rings (SSSR count). The number of nitrogens with zero attached hydrogens (tertiary/aromatic N) is 2. The standard InChI is InChI=1S/C17H13Br2N3O4/c1-25-13-7-9(18)6-11(19)16(13)26-8-14(23)21-22-15-10-4-2-3-5-12(10)20-17(15)24/h2-7,20,24H,8H2,1H3. The Bertz CT molecular complexity index is 1000. The number of hydrogen-bond acceptors (Lipinski definition) is 5. The molecule has 9 heteroatoms. The minimum absolute atomic E-state index is 0.152. The molecule has 134 valence electrons. The second-order valence-electron chi connectivity index (χ2n) is 5.17. The number of aromatic amines is 1. The van der Waals surface area contributed by atoms with Crippen molar-refractivity contribution in [2.24, 2.45) is 10.2 Å². The van der Waals surface area contributed by atoms with E-state index in [1.807, 2.05) is 6.07 Å². The Hall–Kier alpha value is -2.39. The molecule has 26 heavy (non-hydrogen) atoms. The molecule has 1 amide bonds. The number of carbonyl (C=O) groups excluding carboxylic acids is 1. The maximum absolute atomic E-state index is 12.0. The van der Waals surface area contributed by atoms with Gasteiger partial charge in [-0.2, -0.15) is 0 Å². The van der Waals surface area contributed by atoms with Gasteiger partial charge in [-0.3, -0.25) is 4.79 Å². The summed E-state index contributed by atoms with van der Waals surface area (Å²) in [5.74, 6) is 0.0898. The number of carbonyl (C=O) groups is 1. The molecule has 0 unspecified atom stereocenters. The van der Waals surface area contributed by atoms with Crippen molar-refractivity contribution in [1.29, 1.82) is 0 Å². The van der Waals surface area contributed by atoms with E-state index in [1.54, 1.807) is 30.3 Å². The molecule has 0 spiro atoms. The summed E-state index contributed by atoms with van der Waals surface area (Å²) >= 11 is 6.71. The van der Waals surface area contributed by atoms with Crippen LogP contribution in [-0.2, 0) is 4.79 Å². The van der Waals surface area contributed by atoms with Crippen molar-refractivity contribution in [3.05, 3.63) is 45.3 Å². The number of azo groups is 1. The average molecular weight is 483 g/mol. The molecule has 0 bridgehead atoms. The van der Waals surface area contributed by atoms with Crippen LogP contribution in [0.25, 0.3) is 10.9 Å². The van der Waals surface area contributed by atoms with E-state index >= 15 is 0 Å². The third-order valence-corrected chi connectivity index (χ3v) is 4.50. The highest BCUT2D eigenvalue weighted by atomic mass is 79.9. The van der Waals surface area contributed by atoms with Gasteiger partial charge < -0.3 is 19.6 Å². The van der Waals surface area contributed by atoms with Gasteiger partial charge in [-0.05, 0) is 34.1 Å². The van der Waals surface area contributed by atoms with E-state index in [4.69, 9.17) is 9.47 Å². The van der Waals surface area contributed by atoms with E-state index in [2.05, 4.69) is 47.1 Å². The molecule has 2 aromatic carbocycles. The molecule has 0 saturated heterocycles. The van der Waals surface area contributed by atoms with Crippen LogP contribution >= 0.6 is 31.9 Å². The number of aromatic hydroxyl groups is 1. The number of halogens is 2. The zero-order valence-corrected chi connectivity index (χ0v) is 16.7. The highest BCUT2D eigenvalue weighted by Gasteiger charge is 2.14. The van der Waals surface area contributed by atoms with Crippen LogP contribution in [0.15, 0.2) is 55.6 Å². The van der Waals surface area contributed by atoms with Crippen molar-refractivity contribution in [2.75, 3.05) is 13.7 Å². The van der Waals surface area contributed by atoms with Crippen LogP contribution in [0.3, 0.4) is 0 Å². The van der Waals surface area contributed by atoms with Crippen molar-refractivity contribution < 1.29 is 19.4 Å². The van der Waals surface area contributed by atoms with Crippen LogP contribution < -0.4 is 9.47 Å². The Morgan fingerprint density at radius 1 is 1.27 bits per heavy atom. The lowest BCUT2D eigenvalue weighted by Gasteiger charge is -2.11. The van der Waals surface area contributed by atoms with Crippen LogP contribution in [0.1, 0.15) is 0 Å². The number of aromatic nitrogens is 1. The fourth-order valence-corrected chi connectivity index (χ4v) is 3.61. The van der Waals surface area contributed by atoms with E-state index in [1.165, 1.54) is 7.11 Å². The molecule has 1 aromatic heterocycles. The van der Waals surface area contributed by atoms with Gasteiger partial charge in [0.1, 0.15) is 0 Å². The Kier molecular flexibility index (Phi) is 5.58. The normalized spacial score (nSPS) is 11.2. The van der Waals surface area contributed by atoms with Crippen molar-refractivity contribution in [3.8, 4) is 17.4 Å². The second kappa shape index (κ2) is 7.88. The van der Waals surface area contributed by atoms with Crippen molar-refractivity contribution in [2.45, 2.75) is 0 Å². The van der Waals surface area contributed by atoms with E-state index in [-0.39, 0.29) is 18.2 Å².